The first kappa shape index (κ1) is 14.8. The Morgan fingerprint density at radius 1 is 1.29 bits per heavy atom. The van der Waals surface area contributed by atoms with Crippen LogP contribution in [0.25, 0.3) is 0 Å². The Bertz CT molecular complexity index is 291. The van der Waals surface area contributed by atoms with Crippen molar-refractivity contribution >= 4 is 10.2 Å². The third-order valence-corrected chi connectivity index (χ3v) is 4.02. The molecule has 0 unspecified atom stereocenters. The summed E-state index contributed by atoms with van der Waals surface area (Å²) in [6, 6.07) is 0. The van der Waals surface area contributed by atoms with Gasteiger partial charge in [0.25, 0.3) is 10.2 Å². The first-order valence-electron chi connectivity index (χ1n) is 5.81. The van der Waals surface area contributed by atoms with Crippen LogP contribution < -0.4 is 10.0 Å². The maximum absolute atomic E-state index is 11.8. The van der Waals surface area contributed by atoms with Crippen molar-refractivity contribution < 1.29 is 18.3 Å². The van der Waals surface area contributed by atoms with Crippen molar-refractivity contribution in [2.24, 2.45) is 0 Å². The summed E-state index contributed by atoms with van der Waals surface area (Å²) in [6.07, 6.45) is 0.602. The van der Waals surface area contributed by atoms with Crippen molar-refractivity contribution in [3.63, 3.8) is 0 Å². The monoisotopic (exact) mass is 267 g/mol. The van der Waals surface area contributed by atoms with Crippen LogP contribution in [-0.4, -0.2) is 70.4 Å². The molecular formula is C9H21N3O4S. The van der Waals surface area contributed by atoms with E-state index in [-0.39, 0.29) is 6.61 Å². The predicted molar refractivity (Wildman–Crippen MR) is 63.9 cm³/mol. The van der Waals surface area contributed by atoms with Gasteiger partial charge in [0.15, 0.2) is 0 Å². The fourth-order valence-electron chi connectivity index (χ4n) is 1.52. The lowest BCUT2D eigenvalue weighted by Crippen LogP contribution is -2.50. The zero-order valence-electron chi connectivity index (χ0n) is 9.89. The average molecular weight is 267 g/mol. The number of hydrogen-bond donors (Lipinski definition) is 3. The molecule has 0 saturated carbocycles. The number of ether oxygens (including phenoxy) is 1. The second kappa shape index (κ2) is 7.96. The highest BCUT2D eigenvalue weighted by atomic mass is 32.2. The second-order valence-electron chi connectivity index (χ2n) is 3.74. The molecule has 3 N–H and O–H groups in total. The Kier molecular flexibility index (Phi) is 6.93. The highest BCUT2D eigenvalue weighted by Crippen LogP contribution is 1.99. The summed E-state index contributed by atoms with van der Waals surface area (Å²) in [5.74, 6) is 0. The molecule has 1 aliphatic heterocycles. The fraction of sp³-hybridized carbons (Fsp3) is 1.00. The van der Waals surface area contributed by atoms with E-state index in [0.717, 1.165) is 0 Å². The normalized spacial score (nSPS) is 18.4. The Hall–Kier alpha value is -0.250. The van der Waals surface area contributed by atoms with Gasteiger partial charge >= 0.3 is 0 Å². The molecule has 1 fully saturated rings. The van der Waals surface area contributed by atoms with Crippen LogP contribution in [-0.2, 0) is 14.9 Å². The van der Waals surface area contributed by atoms with Crippen LogP contribution in [0.15, 0.2) is 0 Å². The van der Waals surface area contributed by atoms with Crippen molar-refractivity contribution in [1.82, 2.24) is 14.3 Å². The van der Waals surface area contributed by atoms with Gasteiger partial charge in [-0.15, -0.1) is 0 Å². The number of nitrogens with zero attached hydrogens (tertiary/aromatic N) is 1. The van der Waals surface area contributed by atoms with Gasteiger partial charge in [0.1, 0.15) is 0 Å². The number of hydrogen-bond acceptors (Lipinski definition) is 5. The maximum atomic E-state index is 11.8. The molecule has 102 valence electrons. The van der Waals surface area contributed by atoms with Gasteiger partial charge in [-0.05, 0) is 6.42 Å². The lowest BCUT2D eigenvalue weighted by atomic mass is 10.4. The lowest BCUT2D eigenvalue weighted by Gasteiger charge is -2.26. The van der Waals surface area contributed by atoms with E-state index in [4.69, 9.17) is 9.84 Å². The molecule has 0 aliphatic carbocycles. The van der Waals surface area contributed by atoms with Crippen LogP contribution in [0.2, 0.25) is 0 Å². The van der Waals surface area contributed by atoms with E-state index in [1.165, 1.54) is 4.31 Å². The Labute approximate surface area is 102 Å². The number of aliphatic hydroxyl groups excluding tert-OH is 1. The lowest BCUT2D eigenvalue weighted by molar-refractivity contribution is 0.0913. The number of rotatable bonds is 8. The minimum atomic E-state index is -3.34. The molecule has 1 rings (SSSR count). The quantitative estimate of drug-likeness (QED) is 0.448. The molecule has 1 saturated heterocycles. The maximum Gasteiger partial charge on any atom is 0.279 e. The second-order valence-corrected chi connectivity index (χ2v) is 5.49. The average Bonchev–Trinajstić information content (AvgIpc) is 2.35. The molecule has 0 radical (unpaired) electrons. The Morgan fingerprint density at radius 2 is 2.00 bits per heavy atom. The van der Waals surface area contributed by atoms with Crippen LogP contribution in [0.3, 0.4) is 0 Å². The van der Waals surface area contributed by atoms with Gasteiger partial charge in [0.2, 0.25) is 0 Å². The SMILES string of the molecule is O=S(=O)(NCCCOCCO)N1CCNCC1. The molecule has 0 aromatic rings. The molecule has 1 heterocycles. The molecule has 1 aliphatic rings. The zero-order valence-corrected chi connectivity index (χ0v) is 10.7. The zero-order chi connectivity index (χ0) is 12.6. The van der Waals surface area contributed by atoms with Gasteiger partial charge < -0.3 is 15.2 Å². The molecule has 0 aromatic carbocycles. The molecule has 0 aromatic heterocycles. The topological polar surface area (TPSA) is 90.9 Å². The van der Waals surface area contributed by atoms with Gasteiger partial charge in [-0.25, -0.2) is 4.72 Å². The van der Waals surface area contributed by atoms with Crippen LogP contribution in [0.4, 0.5) is 0 Å². The van der Waals surface area contributed by atoms with Gasteiger partial charge in [0.05, 0.1) is 13.2 Å². The standard InChI is InChI=1S/C9H21N3O4S/c13-7-9-16-8-1-2-11-17(14,15)12-5-3-10-4-6-12/h10-11,13H,1-9H2. The molecular weight excluding hydrogens is 246 g/mol. The van der Waals surface area contributed by atoms with Crippen molar-refractivity contribution in [2.75, 3.05) is 52.5 Å². The van der Waals surface area contributed by atoms with E-state index in [1.54, 1.807) is 0 Å². The summed E-state index contributed by atoms with van der Waals surface area (Å²) >= 11 is 0. The van der Waals surface area contributed by atoms with Gasteiger partial charge in [0, 0.05) is 39.3 Å². The van der Waals surface area contributed by atoms with Gasteiger partial charge in [-0.1, -0.05) is 0 Å². The van der Waals surface area contributed by atoms with Crippen molar-refractivity contribution in [1.29, 1.82) is 0 Å². The summed E-state index contributed by atoms with van der Waals surface area (Å²) in [4.78, 5) is 0. The first-order valence-corrected chi connectivity index (χ1v) is 7.25. The van der Waals surface area contributed by atoms with E-state index >= 15 is 0 Å². The van der Waals surface area contributed by atoms with E-state index in [9.17, 15) is 8.42 Å². The molecule has 0 spiro atoms. The third kappa shape index (κ3) is 5.75. The minimum absolute atomic E-state index is 0.00744. The third-order valence-electron chi connectivity index (χ3n) is 2.40. The molecule has 0 atom stereocenters. The molecule has 8 heteroatoms. The van der Waals surface area contributed by atoms with E-state index in [1.807, 2.05) is 0 Å². The largest absolute Gasteiger partial charge is 0.394 e. The van der Waals surface area contributed by atoms with Crippen molar-refractivity contribution in [2.45, 2.75) is 6.42 Å². The van der Waals surface area contributed by atoms with E-state index < -0.39 is 10.2 Å². The summed E-state index contributed by atoms with van der Waals surface area (Å²) in [6.45, 7) is 3.51. The molecule has 17 heavy (non-hydrogen) atoms. The van der Waals surface area contributed by atoms with Crippen LogP contribution in [0.1, 0.15) is 6.42 Å². The summed E-state index contributed by atoms with van der Waals surface area (Å²) in [7, 11) is -3.34. The Balaban J connectivity index is 2.15. The van der Waals surface area contributed by atoms with Crippen LogP contribution in [0.5, 0.6) is 0 Å². The number of aliphatic hydroxyl groups is 1. The van der Waals surface area contributed by atoms with E-state index in [0.29, 0.717) is 52.4 Å². The van der Waals surface area contributed by atoms with E-state index in [2.05, 4.69) is 10.0 Å². The minimum Gasteiger partial charge on any atom is -0.394 e. The Morgan fingerprint density at radius 3 is 2.65 bits per heavy atom. The predicted octanol–water partition coefficient (Wildman–Crippen LogP) is -1.87. The van der Waals surface area contributed by atoms with Gasteiger partial charge in [-0.3, -0.25) is 0 Å². The molecule has 0 amide bonds. The smallest absolute Gasteiger partial charge is 0.279 e. The highest BCUT2D eigenvalue weighted by molar-refractivity contribution is 7.87. The number of piperazine rings is 1. The molecule has 0 bridgehead atoms. The van der Waals surface area contributed by atoms with Crippen molar-refractivity contribution in [3.05, 3.63) is 0 Å². The summed E-state index contributed by atoms with van der Waals surface area (Å²) < 4.78 is 32.6. The summed E-state index contributed by atoms with van der Waals surface area (Å²) in [5.41, 5.74) is 0. The first-order chi connectivity index (χ1) is 8.17. The van der Waals surface area contributed by atoms with Crippen LogP contribution in [0, 0.1) is 0 Å². The number of nitrogens with one attached hydrogen (secondary N) is 2. The highest BCUT2D eigenvalue weighted by Gasteiger charge is 2.22. The molecule has 7 nitrogen and oxygen atoms in total. The summed E-state index contributed by atoms with van der Waals surface area (Å²) in [5, 5.41) is 11.6. The van der Waals surface area contributed by atoms with Crippen LogP contribution >= 0.6 is 0 Å². The van der Waals surface area contributed by atoms with Gasteiger partial charge in [-0.2, -0.15) is 12.7 Å². The fourth-order valence-corrected chi connectivity index (χ4v) is 2.77. The van der Waals surface area contributed by atoms with Crippen molar-refractivity contribution in [3.8, 4) is 0 Å².